The van der Waals surface area contributed by atoms with Crippen molar-refractivity contribution in [2.45, 2.75) is 0 Å². The molecule has 272 valence electrons. The van der Waals surface area contributed by atoms with Crippen LogP contribution in [0.1, 0.15) is 0 Å². The van der Waals surface area contributed by atoms with Gasteiger partial charge in [0.25, 0.3) is 0 Å². The molecule has 0 fully saturated rings. The minimum absolute atomic E-state index is 0.870. The molecule has 0 spiro atoms. The third-order valence-electron chi connectivity index (χ3n) is 11.3. The molecule has 5 heteroatoms. The van der Waals surface area contributed by atoms with Crippen molar-refractivity contribution in [1.82, 2.24) is 4.98 Å². The number of hydrogen-bond acceptors (Lipinski definition) is 5. The molecular weight excluding hydrogens is 745 g/mol. The van der Waals surface area contributed by atoms with Crippen molar-refractivity contribution < 1.29 is 4.42 Å². The number of aromatic nitrogens is 1. The third-order valence-corrected chi connectivity index (χ3v) is 13.6. The van der Waals surface area contributed by atoms with Gasteiger partial charge in [0.1, 0.15) is 16.2 Å². The summed E-state index contributed by atoms with van der Waals surface area (Å²) in [5, 5.41) is 8.33. The number of anilines is 3. The number of thiophene rings is 1. The van der Waals surface area contributed by atoms with Crippen LogP contribution in [0.15, 0.2) is 199 Å². The first-order valence-corrected chi connectivity index (χ1v) is 21.1. The lowest BCUT2D eigenvalue weighted by Crippen LogP contribution is -2.10. The quantitative estimate of drug-likeness (QED) is 0.168. The molecular formula is C53H32N2OS2. The molecule has 0 saturated carbocycles. The molecule has 58 heavy (non-hydrogen) atoms. The van der Waals surface area contributed by atoms with Gasteiger partial charge in [-0.25, -0.2) is 4.98 Å². The smallest absolute Gasteiger partial charge is 0.137 e. The summed E-state index contributed by atoms with van der Waals surface area (Å²) in [6.45, 7) is 0. The fraction of sp³-hybridized carbons (Fsp3) is 0. The van der Waals surface area contributed by atoms with E-state index in [9.17, 15) is 0 Å². The molecule has 0 atom stereocenters. The number of fused-ring (bicyclic) bond motifs is 9. The second-order valence-corrected chi connectivity index (χ2v) is 16.8. The number of rotatable bonds is 6. The lowest BCUT2D eigenvalue weighted by atomic mass is 9.98. The molecule has 0 aliphatic heterocycles. The van der Waals surface area contributed by atoms with Crippen LogP contribution in [0, 0.1) is 0 Å². The summed E-state index contributed by atoms with van der Waals surface area (Å²) >= 11 is 3.64. The number of benzene rings is 9. The molecule has 3 nitrogen and oxygen atoms in total. The average Bonchev–Trinajstić information content (AvgIpc) is 4.01. The van der Waals surface area contributed by atoms with Crippen molar-refractivity contribution in [3.05, 3.63) is 194 Å². The molecule has 0 amide bonds. The van der Waals surface area contributed by atoms with Crippen LogP contribution in [0.3, 0.4) is 0 Å². The number of para-hydroxylation sites is 1. The zero-order valence-electron chi connectivity index (χ0n) is 31.1. The van der Waals surface area contributed by atoms with E-state index in [-0.39, 0.29) is 0 Å². The fourth-order valence-electron chi connectivity index (χ4n) is 8.57. The molecule has 12 rings (SSSR count). The van der Waals surface area contributed by atoms with E-state index in [0.29, 0.717) is 0 Å². The van der Waals surface area contributed by atoms with E-state index in [1.807, 2.05) is 23.5 Å². The Labute approximate surface area is 342 Å². The molecule has 0 aliphatic carbocycles. The minimum Gasteiger partial charge on any atom is -0.456 e. The first-order chi connectivity index (χ1) is 28.7. The van der Waals surface area contributed by atoms with Crippen LogP contribution in [0.4, 0.5) is 17.1 Å². The molecule has 0 N–H and O–H groups in total. The largest absolute Gasteiger partial charge is 0.456 e. The van der Waals surface area contributed by atoms with Crippen molar-refractivity contribution >= 4 is 103 Å². The maximum atomic E-state index is 6.39. The first-order valence-electron chi connectivity index (χ1n) is 19.4. The van der Waals surface area contributed by atoms with Crippen LogP contribution >= 0.6 is 22.7 Å². The van der Waals surface area contributed by atoms with Gasteiger partial charge in [-0.3, -0.25) is 0 Å². The van der Waals surface area contributed by atoms with E-state index < -0.39 is 0 Å². The van der Waals surface area contributed by atoms with Gasteiger partial charge < -0.3 is 9.32 Å². The predicted molar refractivity (Wildman–Crippen MR) is 248 cm³/mol. The molecule has 0 aliphatic rings. The van der Waals surface area contributed by atoms with Gasteiger partial charge in [0, 0.05) is 42.5 Å². The summed E-state index contributed by atoms with van der Waals surface area (Å²) < 4.78 is 10.2. The summed E-state index contributed by atoms with van der Waals surface area (Å²) in [6.07, 6.45) is 0. The van der Waals surface area contributed by atoms with Crippen molar-refractivity contribution in [2.24, 2.45) is 0 Å². The number of furan rings is 1. The number of thiazole rings is 1. The molecule has 12 aromatic rings. The van der Waals surface area contributed by atoms with E-state index in [1.54, 1.807) is 11.3 Å². The fourth-order valence-corrected chi connectivity index (χ4v) is 10.9. The number of hydrogen-bond donors (Lipinski definition) is 0. The second-order valence-electron chi connectivity index (χ2n) is 14.7. The Kier molecular flexibility index (Phi) is 7.58. The van der Waals surface area contributed by atoms with Crippen LogP contribution in [-0.4, -0.2) is 4.98 Å². The highest BCUT2D eigenvalue weighted by Gasteiger charge is 2.20. The minimum atomic E-state index is 0.870. The normalized spacial score (nSPS) is 11.8. The van der Waals surface area contributed by atoms with Crippen molar-refractivity contribution in [2.75, 3.05) is 4.90 Å². The van der Waals surface area contributed by atoms with E-state index in [1.165, 1.54) is 57.9 Å². The van der Waals surface area contributed by atoms with Crippen LogP contribution in [0.25, 0.3) is 95.9 Å². The Morgan fingerprint density at radius 3 is 1.95 bits per heavy atom. The Balaban J connectivity index is 0.976. The summed E-state index contributed by atoms with van der Waals surface area (Å²) in [5.41, 5.74) is 12.0. The molecule has 0 bridgehead atoms. The Morgan fingerprint density at radius 2 is 1.10 bits per heavy atom. The lowest BCUT2D eigenvalue weighted by Gasteiger charge is -2.26. The van der Waals surface area contributed by atoms with Gasteiger partial charge in [-0.2, -0.15) is 0 Å². The summed E-state index contributed by atoms with van der Waals surface area (Å²) in [7, 11) is 0. The maximum Gasteiger partial charge on any atom is 0.137 e. The van der Waals surface area contributed by atoms with Gasteiger partial charge in [0.15, 0.2) is 0 Å². The zero-order valence-corrected chi connectivity index (χ0v) is 32.7. The maximum absolute atomic E-state index is 6.39. The molecule has 3 aromatic heterocycles. The van der Waals surface area contributed by atoms with E-state index >= 15 is 0 Å². The molecule has 0 saturated heterocycles. The Bertz CT molecular complexity index is 3500. The van der Waals surface area contributed by atoms with E-state index in [2.05, 4.69) is 187 Å². The first kappa shape index (κ1) is 33.1. The standard InChI is InChI=1S/C53H32N2OS2/c1-2-11-36(12-3-1)53-54-44-29-31-49-51(52(44)58-53)43-32-37(24-30-48(43)57-49)33-20-25-38(26-21-33)55(45-17-9-19-47-50(45)42-15-6-7-18-46(42)56-47)39-27-22-35(23-28-39)41-16-8-13-34-10-4-5-14-40(34)41/h1-32H. The van der Waals surface area contributed by atoms with Gasteiger partial charge in [-0.05, 0) is 99.8 Å². The predicted octanol–water partition coefficient (Wildman–Crippen LogP) is 16.2. The van der Waals surface area contributed by atoms with E-state index in [0.717, 1.165) is 55.1 Å². The Hall–Kier alpha value is -7.05. The summed E-state index contributed by atoms with van der Waals surface area (Å²) in [6, 6.07) is 69.6. The second kappa shape index (κ2) is 13.3. The molecule has 9 aromatic carbocycles. The van der Waals surface area contributed by atoms with Crippen LogP contribution in [0.5, 0.6) is 0 Å². The van der Waals surface area contributed by atoms with Crippen molar-refractivity contribution in [1.29, 1.82) is 0 Å². The van der Waals surface area contributed by atoms with Gasteiger partial charge in [-0.1, -0.05) is 127 Å². The van der Waals surface area contributed by atoms with Crippen LogP contribution < -0.4 is 4.90 Å². The van der Waals surface area contributed by atoms with Crippen LogP contribution in [0.2, 0.25) is 0 Å². The van der Waals surface area contributed by atoms with E-state index in [4.69, 9.17) is 9.40 Å². The average molecular weight is 777 g/mol. The third kappa shape index (κ3) is 5.36. The summed E-state index contributed by atoms with van der Waals surface area (Å²) in [4.78, 5) is 7.42. The van der Waals surface area contributed by atoms with Crippen LogP contribution in [-0.2, 0) is 0 Å². The van der Waals surface area contributed by atoms with Gasteiger partial charge in [0.2, 0.25) is 0 Å². The van der Waals surface area contributed by atoms with Crippen molar-refractivity contribution in [3.8, 4) is 32.8 Å². The van der Waals surface area contributed by atoms with Crippen molar-refractivity contribution in [3.63, 3.8) is 0 Å². The zero-order chi connectivity index (χ0) is 38.2. The van der Waals surface area contributed by atoms with Gasteiger partial charge in [-0.15, -0.1) is 22.7 Å². The highest BCUT2D eigenvalue weighted by Crippen LogP contribution is 2.46. The SMILES string of the molecule is c1ccc(-c2nc3ccc4sc5ccc(-c6ccc(N(c7ccc(-c8cccc9ccccc89)cc7)c7cccc8oc9ccccc9c78)cc6)cc5c4c3s2)cc1. The molecule has 0 unspecified atom stereocenters. The Morgan fingerprint density at radius 1 is 0.431 bits per heavy atom. The number of nitrogens with zero attached hydrogens (tertiary/aromatic N) is 2. The van der Waals surface area contributed by atoms with Gasteiger partial charge in [0.05, 0.1) is 21.3 Å². The monoisotopic (exact) mass is 776 g/mol. The highest BCUT2D eigenvalue weighted by atomic mass is 32.1. The summed E-state index contributed by atoms with van der Waals surface area (Å²) in [5.74, 6) is 0. The lowest BCUT2D eigenvalue weighted by molar-refractivity contribution is 0.669. The highest BCUT2D eigenvalue weighted by molar-refractivity contribution is 7.28. The topological polar surface area (TPSA) is 29.3 Å². The molecule has 0 radical (unpaired) electrons. The van der Waals surface area contributed by atoms with Gasteiger partial charge >= 0.3 is 0 Å². The molecule has 3 heterocycles.